The summed E-state index contributed by atoms with van der Waals surface area (Å²) < 4.78 is 26.1. The number of rotatable bonds is 7. The predicted molar refractivity (Wildman–Crippen MR) is 64.8 cm³/mol. The Morgan fingerprint density at radius 1 is 1.19 bits per heavy atom. The van der Waals surface area contributed by atoms with Crippen molar-refractivity contribution in [3.63, 3.8) is 0 Å². The van der Waals surface area contributed by atoms with Crippen LogP contribution in [-0.2, 0) is 10.0 Å². The first-order chi connectivity index (χ1) is 7.55. The fraction of sp³-hybridized carbons (Fsp3) is 1.00. The van der Waals surface area contributed by atoms with Gasteiger partial charge < -0.3 is 5.32 Å². The molecule has 0 atom stereocenters. The van der Waals surface area contributed by atoms with Gasteiger partial charge in [0.05, 0.1) is 5.75 Å². The maximum absolute atomic E-state index is 11.7. The molecule has 16 heavy (non-hydrogen) atoms. The summed E-state index contributed by atoms with van der Waals surface area (Å²) in [5.41, 5.74) is 0. The van der Waals surface area contributed by atoms with Crippen LogP contribution >= 0.6 is 0 Å². The Balaban J connectivity index is 1.58. The van der Waals surface area contributed by atoms with Crippen molar-refractivity contribution in [2.24, 2.45) is 5.92 Å². The molecule has 0 aromatic rings. The van der Waals surface area contributed by atoms with Gasteiger partial charge in [-0.1, -0.05) is 6.92 Å². The second-order valence-corrected chi connectivity index (χ2v) is 7.17. The second kappa shape index (κ2) is 5.02. The summed E-state index contributed by atoms with van der Waals surface area (Å²) in [4.78, 5) is 0. The van der Waals surface area contributed by atoms with Gasteiger partial charge in [-0.3, -0.25) is 0 Å². The van der Waals surface area contributed by atoms with Crippen molar-refractivity contribution >= 4 is 10.0 Å². The number of hydrogen-bond acceptors (Lipinski definition) is 3. The van der Waals surface area contributed by atoms with Crippen molar-refractivity contribution in [2.75, 3.05) is 12.3 Å². The van der Waals surface area contributed by atoms with E-state index in [0.717, 1.165) is 19.4 Å². The fourth-order valence-corrected chi connectivity index (χ4v) is 3.51. The molecule has 94 valence electrons. The Morgan fingerprint density at radius 3 is 2.44 bits per heavy atom. The zero-order valence-electron chi connectivity index (χ0n) is 9.91. The molecule has 5 heteroatoms. The number of nitrogens with one attached hydrogen (secondary N) is 2. The molecule has 2 saturated carbocycles. The molecule has 2 aliphatic carbocycles. The third-order valence-electron chi connectivity index (χ3n) is 3.32. The molecule has 0 bridgehead atoms. The van der Waals surface area contributed by atoms with Crippen LogP contribution in [-0.4, -0.2) is 32.8 Å². The van der Waals surface area contributed by atoms with Crippen LogP contribution in [0.25, 0.3) is 0 Å². The highest BCUT2D eigenvalue weighted by Crippen LogP contribution is 2.26. The van der Waals surface area contributed by atoms with Crippen molar-refractivity contribution in [1.29, 1.82) is 0 Å². The quantitative estimate of drug-likeness (QED) is 0.655. The molecule has 0 radical (unpaired) electrons. The molecule has 2 rings (SSSR count). The van der Waals surface area contributed by atoms with E-state index in [1.54, 1.807) is 0 Å². The summed E-state index contributed by atoms with van der Waals surface area (Å²) in [6.07, 6.45) is 5.23. The SMILES string of the molecule is CC1CC(NS(=O)(=O)CCCNC2CC2)C1. The Kier molecular flexibility index (Phi) is 3.87. The molecule has 0 aromatic heterocycles. The zero-order chi connectivity index (χ0) is 11.6. The maximum atomic E-state index is 11.7. The van der Waals surface area contributed by atoms with Crippen molar-refractivity contribution in [3.05, 3.63) is 0 Å². The highest BCUT2D eigenvalue weighted by Gasteiger charge is 2.28. The smallest absolute Gasteiger partial charge is 0.211 e. The average Bonchev–Trinajstić information content (AvgIpc) is 2.93. The van der Waals surface area contributed by atoms with Crippen LogP contribution in [0.1, 0.15) is 39.0 Å². The molecular weight excluding hydrogens is 224 g/mol. The van der Waals surface area contributed by atoms with E-state index >= 15 is 0 Å². The van der Waals surface area contributed by atoms with Gasteiger partial charge in [0.15, 0.2) is 0 Å². The van der Waals surface area contributed by atoms with Gasteiger partial charge in [-0.2, -0.15) is 0 Å². The van der Waals surface area contributed by atoms with E-state index in [2.05, 4.69) is 17.0 Å². The molecular formula is C11H22N2O2S. The lowest BCUT2D eigenvalue weighted by molar-refractivity contribution is 0.270. The predicted octanol–water partition coefficient (Wildman–Crippen LogP) is 0.846. The van der Waals surface area contributed by atoms with Crippen LogP contribution in [0.3, 0.4) is 0 Å². The minimum Gasteiger partial charge on any atom is -0.314 e. The Hall–Kier alpha value is -0.130. The highest BCUT2D eigenvalue weighted by atomic mass is 32.2. The first-order valence-corrected chi connectivity index (χ1v) is 7.94. The molecule has 4 nitrogen and oxygen atoms in total. The first-order valence-electron chi connectivity index (χ1n) is 6.28. The van der Waals surface area contributed by atoms with Crippen LogP contribution in [0.15, 0.2) is 0 Å². The molecule has 0 spiro atoms. The van der Waals surface area contributed by atoms with E-state index in [-0.39, 0.29) is 11.8 Å². The van der Waals surface area contributed by atoms with E-state index in [9.17, 15) is 8.42 Å². The van der Waals surface area contributed by atoms with Crippen molar-refractivity contribution < 1.29 is 8.42 Å². The molecule has 2 N–H and O–H groups in total. The molecule has 2 aliphatic rings. The van der Waals surface area contributed by atoms with Gasteiger partial charge in [-0.25, -0.2) is 13.1 Å². The van der Waals surface area contributed by atoms with Gasteiger partial charge in [-0.05, 0) is 44.6 Å². The molecule has 0 amide bonds. The molecule has 0 aromatic carbocycles. The minimum absolute atomic E-state index is 0.205. The molecule has 0 unspecified atom stereocenters. The number of sulfonamides is 1. The van der Waals surface area contributed by atoms with Crippen LogP contribution < -0.4 is 10.0 Å². The van der Waals surface area contributed by atoms with Gasteiger partial charge in [-0.15, -0.1) is 0 Å². The lowest BCUT2D eigenvalue weighted by Crippen LogP contribution is -2.44. The zero-order valence-corrected chi connectivity index (χ0v) is 10.7. The maximum Gasteiger partial charge on any atom is 0.211 e. The summed E-state index contributed by atoms with van der Waals surface area (Å²) in [6, 6.07) is 0.875. The van der Waals surface area contributed by atoms with Crippen LogP contribution in [0.4, 0.5) is 0 Å². The molecule has 0 saturated heterocycles. The fourth-order valence-electron chi connectivity index (χ4n) is 2.17. The second-order valence-electron chi connectivity index (χ2n) is 5.29. The normalized spacial score (nSPS) is 30.1. The van der Waals surface area contributed by atoms with Gasteiger partial charge >= 0.3 is 0 Å². The lowest BCUT2D eigenvalue weighted by atomic mass is 9.83. The highest BCUT2D eigenvalue weighted by molar-refractivity contribution is 7.89. The van der Waals surface area contributed by atoms with Crippen LogP contribution in [0.2, 0.25) is 0 Å². The summed E-state index contributed by atoms with van der Waals surface area (Å²) in [5.74, 6) is 0.946. The Bertz CT molecular complexity index is 319. The van der Waals surface area contributed by atoms with Gasteiger partial charge in [0.2, 0.25) is 10.0 Å². The largest absolute Gasteiger partial charge is 0.314 e. The van der Waals surface area contributed by atoms with E-state index < -0.39 is 10.0 Å². The van der Waals surface area contributed by atoms with Gasteiger partial charge in [0, 0.05) is 12.1 Å². The number of hydrogen-bond donors (Lipinski definition) is 2. The molecule has 2 fully saturated rings. The molecule has 0 aliphatic heterocycles. The Labute approximate surface area is 98.2 Å². The molecule has 0 heterocycles. The Morgan fingerprint density at radius 2 is 1.88 bits per heavy atom. The first kappa shape index (κ1) is 12.3. The van der Waals surface area contributed by atoms with Gasteiger partial charge in [0.1, 0.15) is 0 Å². The summed E-state index contributed by atoms with van der Waals surface area (Å²) in [7, 11) is -3.03. The van der Waals surface area contributed by atoms with Crippen molar-refractivity contribution in [3.8, 4) is 0 Å². The van der Waals surface area contributed by atoms with Gasteiger partial charge in [0.25, 0.3) is 0 Å². The summed E-state index contributed by atoms with van der Waals surface area (Å²) in [5, 5.41) is 3.33. The van der Waals surface area contributed by atoms with Crippen molar-refractivity contribution in [1.82, 2.24) is 10.0 Å². The topological polar surface area (TPSA) is 58.2 Å². The van der Waals surface area contributed by atoms with Crippen LogP contribution in [0, 0.1) is 5.92 Å². The third-order valence-corrected chi connectivity index (χ3v) is 4.84. The lowest BCUT2D eigenvalue weighted by Gasteiger charge is -2.32. The summed E-state index contributed by atoms with van der Waals surface area (Å²) >= 11 is 0. The third kappa shape index (κ3) is 4.03. The van der Waals surface area contributed by atoms with E-state index in [4.69, 9.17) is 0 Å². The van der Waals surface area contributed by atoms with Crippen LogP contribution in [0.5, 0.6) is 0 Å². The van der Waals surface area contributed by atoms with E-state index in [1.807, 2.05) is 0 Å². The van der Waals surface area contributed by atoms with E-state index in [1.165, 1.54) is 12.8 Å². The average molecular weight is 246 g/mol. The van der Waals surface area contributed by atoms with E-state index in [0.29, 0.717) is 18.4 Å². The van der Waals surface area contributed by atoms with Crippen molar-refractivity contribution in [2.45, 2.75) is 51.1 Å². The monoisotopic (exact) mass is 246 g/mol. The minimum atomic E-state index is -3.03. The summed E-state index contributed by atoms with van der Waals surface area (Å²) in [6.45, 7) is 2.98. The standard InChI is InChI=1S/C11H22N2O2S/c1-9-7-11(8-9)13-16(14,15)6-2-5-12-10-3-4-10/h9-13H,2-8H2,1H3.